The average molecular weight is 268 g/mol. The number of benzene rings is 1. The Balaban J connectivity index is 2.24. The maximum absolute atomic E-state index is 11.7. The Morgan fingerprint density at radius 1 is 1.25 bits per heavy atom. The van der Waals surface area contributed by atoms with Crippen LogP contribution in [0.25, 0.3) is 10.8 Å². The summed E-state index contributed by atoms with van der Waals surface area (Å²) in [6.45, 7) is 7.38. The minimum atomic E-state index is -0.536. The van der Waals surface area contributed by atoms with E-state index in [0.717, 1.165) is 21.8 Å². The van der Waals surface area contributed by atoms with Gasteiger partial charge >= 0.3 is 6.09 Å². The third-order valence-corrected chi connectivity index (χ3v) is 2.74. The fourth-order valence-electron chi connectivity index (χ4n) is 1.80. The number of hydrogen-bond donors (Lipinski definition) is 1. The predicted molar refractivity (Wildman–Crippen MR) is 81.7 cm³/mol. The molecule has 2 radical (unpaired) electrons. The SMILES string of the molecule is [B]c1cc2cnc(NC(=O)OC(C)(C)C)cc2cc1C. The monoisotopic (exact) mass is 268 g/mol. The Morgan fingerprint density at radius 2 is 1.95 bits per heavy atom. The maximum Gasteiger partial charge on any atom is 0.413 e. The second-order valence-electron chi connectivity index (χ2n) is 5.75. The molecule has 0 aliphatic rings. The highest BCUT2D eigenvalue weighted by Crippen LogP contribution is 2.17. The average Bonchev–Trinajstić information content (AvgIpc) is 2.28. The first-order valence-electron chi connectivity index (χ1n) is 6.40. The number of carbonyl (C=O) groups is 1. The van der Waals surface area contributed by atoms with Gasteiger partial charge in [-0.05, 0) is 44.5 Å². The van der Waals surface area contributed by atoms with Crippen LogP contribution in [-0.2, 0) is 4.74 Å². The molecule has 5 heteroatoms. The summed E-state index contributed by atoms with van der Waals surface area (Å²) in [6, 6.07) is 5.63. The van der Waals surface area contributed by atoms with E-state index in [9.17, 15) is 4.79 Å². The van der Waals surface area contributed by atoms with Crippen molar-refractivity contribution in [2.24, 2.45) is 0 Å². The number of anilines is 1. The summed E-state index contributed by atoms with van der Waals surface area (Å²) in [5.41, 5.74) is 1.19. The number of nitrogens with one attached hydrogen (secondary N) is 1. The highest BCUT2D eigenvalue weighted by atomic mass is 16.6. The topological polar surface area (TPSA) is 51.2 Å². The molecule has 1 aromatic carbocycles. The molecule has 20 heavy (non-hydrogen) atoms. The highest BCUT2D eigenvalue weighted by Gasteiger charge is 2.16. The van der Waals surface area contributed by atoms with Crippen LogP contribution in [0, 0.1) is 6.92 Å². The number of aromatic nitrogens is 1. The molecule has 1 amide bonds. The van der Waals surface area contributed by atoms with Crippen LogP contribution in [0.15, 0.2) is 24.4 Å². The third-order valence-electron chi connectivity index (χ3n) is 2.74. The largest absolute Gasteiger partial charge is 0.444 e. The molecule has 2 aromatic rings. The summed E-state index contributed by atoms with van der Waals surface area (Å²) in [5.74, 6) is 0.455. The van der Waals surface area contributed by atoms with Gasteiger partial charge in [-0.3, -0.25) is 5.32 Å². The van der Waals surface area contributed by atoms with E-state index < -0.39 is 11.7 Å². The molecule has 0 saturated carbocycles. The van der Waals surface area contributed by atoms with Crippen LogP contribution in [0.3, 0.4) is 0 Å². The van der Waals surface area contributed by atoms with Gasteiger partial charge in [0.15, 0.2) is 0 Å². The van der Waals surface area contributed by atoms with E-state index in [-0.39, 0.29) is 0 Å². The standard InChI is InChI=1S/C15H17BN2O2/c1-9-5-10-7-13(17-8-11(10)6-12(9)16)18-14(19)20-15(2,3)4/h5-8H,1-4H3,(H,17,18,19). The summed E-state index contributed by atoms with van der Waals surface area (Å²) in [7, 11) is 5.86. The number of aryl methyl sites for hydroxylation is 1. The second kappa shape index (κ2) is 5.15. The first kappa shape index (κ1) is 14.4. The van der Waals surface area contributed by atoms with Gasteiger partial charge < -0.3 is 4.74 Å². The molecule has 0 unspecified atom stereocenters. The minimum Gasteiger partial charge on any atom is -0.444 e. The Bertz CT molecular complexity index is 663. The van der Waals surface area contributed by atoms with Crippen LogP contribution in [-0.4, -0.2) is 24.5 Å². The van der Waals surface area contributed by atoms with Crippen LogP contribution in [0.5, 0.6) is 0 Å². The molecule has 0 bridgehead atoms. The molecule has 0 aliphatic carbocycles. The van der Waals surface area contributed by atoms with E-state index in [1.807, 2.05) is 39.8 Å². The molecular formula is C15H17BN2O2. The number of hydrogen-bond acceptors (Lipinski definition) is 3. The van der Waals surface area contributed by atoms with Gasteiger partial charge in [-0.25, -0.2) is 9.78 Å². The van der Waals surface area contributed by atoms with Gasteiger partial charge in [0.2, 0.25) is 0 Å². The van der Waals surface area contributed by atoms with Crippen molar-refractivity contribution >= 4 is 36.0 Å². The van der Waals surface area contributed by atoms with Gasteiger partial charge in [0, 0.05) is 6.20 Å². The second-order valence-corrected chi connectivity index (χ2v) is 5.75. The van der Waals surface area contributed by atoms with Crippen molar-refractivity contribution in [1.29, 1.82) is 0 Å². The van der Waals surface area contributed by atoms with Gasteiger partial charge in [0.25, 0.3) is 0 Å². The van der Waals surface area contributed by atoms with Gasteiger partial charge in [-0.15, -0.1) is 0 Å². The lowest BCUT2D eigenvalue weighted by molar-refractivity contribution is 0.0635. The number of amides is 1. The molecule has 2 rings (SSSR count). The van der Waals surface area contributed by atoms with Crippen LogP contribution in [0.4, 0.5) is 10.6 Å². The first-order valence-corrected chi connectivity index (χ1v) is 6.40. The zero-order valence-electron chi connectivity index (χ0n) is 12.2. The molecule has 0 atom stereocenters. The van der Waals surface area contributed by atoms with Crippen LogP contribution in [0.1, 0.15) is 26.3 Å². The Kier molecular flexibility index (Phi) is 3.70. The summed E-state index contributed by atoms with van der Waals surface area (Å²) in [5, 5.41) is 4.52. The Hall–Kier alpha value is -2.04. The summed E-state index contributed by atoms with van der Waals surface area (Å²) in [4.78, 5) is 15.9. The van der Waals surface area contributed by atoms with E-state index in [2.05, 4.69) is 10.3 Å². The van der Waals surface area contributed by atoms with Crippen LogP contribution in [0.2, 0.25) is 0 Å². The molecule has 0 fully saturated rings. The number of ether oxygens (including phenoxy) is 1. The molecule has 1 N–H and O–H groups in total. The van der Waals surface area contributed by atoms with Crippen molar-refractivity contribution in [3.8, 4) is 0 Å². The van der Waals surface area contributed by atoms with Crippen molar-refractivity contribution in [2.45, 2.75) is 33.3 Å². The molecule has 0 saturated heterocycles. The van der Waals surface area contributed by atoms with E-state index in [4.69, 9.17) is 12.6 Å². The summed E-state index contributed by atoms with van der Waals surface area (Å²) >= 11 is 0. The normalized spacial score (nSPS) is 11.4. The molecule has 102 valence electrons. The van der Waals surface area contributed by atoms with Gasteiger partial charge in [0.05, 0.1) is 0 Å². The van der Waals surface area contributed by atoms with Crippen molar-refractivity contribution in [1.82, 2.24) is 4.98 Å². The smallest absolute Gasteiger partial charge is 0.413 e. The van der Waals surface area contributed by atoms with Crippen LogP contribution < -0.4 is 10.8 Å². The molecule has 1 heterocycles. The zero-order valence-corrected chi connectivity index (χ0v) is 12.2. The van der Waals surface area contributed by atoms with Crippen molar-refractivity contribution in [3.05, 3.63) is 30.0 Å². The Morgan fingerprint density at radius 3 is 2.60 bits per heavy atom. The van der Waals surface area contributed by atoms with E-state index in [1.165, 1.54) is 0 Å². The predicted octanol–water partition coefficient (Wildman–Crippen LogP) is 2.68. The van der Waals surface area contributed by atoms with Crippen molar-refractivity contribution < 1.29 is 9.53 Å². The fourth-order valence-corrected chi connectivity index (χ4v) is 1.80. The number of pyridine rings is 1. The summed E-state index contributed by atoms with van der Waals surface area (Å²) in [6.07, 6.45) is 1.16. The van der Waals surface area contributed by atoms with Gasteiger partial charge in [-0.1, -0.05) is 23.2 Å². The lowest BCUT2D eigenvalue weighted by atomic mass is 9.89. The maximum atomic E-state index is 11.7. The quantitative estimate of drug-likeness (QED) is 0.809. The van der Waals surface area contributed by atoms with Crippen LogP contribution >= 0.6 is 0 Å². The fraction of sp³-hybridized carbons (Fsp3) is 0.333. The molecule has 0 aliphatic heterocycles. The number of rotatable bonds is 1. The lowest BCUT2D eigenvalue weighted by Crippen LogP contribution is -2.27. The highest BCUT2D eigenvalue weighted by molar-refractivity contribution is 6.34. The zero-order chi connectivity index (χ0) is 14.9. The van der Waals surface area contributed by atoms with Gasteiger partial charge in [-0.2, -0.15) is 0 Å². The van der Waals surface area contributed by atoms with Gasteiger partial charge in [0.1, 0.15) is 19.3 Å². The lowest BCUT2D eigenvalue weighted by Gasteiger charge is -2.19. The Labute approximate surface area is 119 Å². The van der Waals surface area contributed by atoms with Crippen molar-refractivity contribution in [2.75, 3.05) is 5.32 Å². The third kappa shape index (κ3) is 3.50. The number of nitrogens with zero attached hydrogens (tertiary/aromatic N) is 1. The molecular weight excluding hydrogens is 251 g/mol. The number of fused-ring (bicyclic) bond motifs is 1. The molecule has 0 spiro atoms. The summed E-state index contributed by atoms with van der Waals surface area (Å²) < 4.78 is 5.19. The molecule has 1 aromatic heterocycles. The minimum absolute atomic E-state index is 0.455. The van der Waals surface area contributed by atoms with Crippen molar-refractivity contribution in [3.63, 3.8) is 0 Å². The molecule has 4 nitrogen and oxygen atoms in total. The van der Waals surface area contributed by atoms with E-state index >= 15 is 0 Å². The first-order chi connectivity index (χ1) is 9.24. The van der Waals surface area contributed by atoms with E-state index in [0.29, 0.717) is 5.82 Å². The number of carbonyl (C=O) groups excluding carboxylic acids is 1. The van der Waals surface area contributed by atoms with E-state index in [1.54, 1.807) is 12.3 Å².